The third-order valence-corrected chi connectivity index (χ3v) is 3.27. The Kier molecular flexibility index (Phi) is 4.64. The van der Waals surface area contributed by atoms with Crippen LogP contribution in [0.2, 0.25) is 0 Å². The zero-order valence-electron chi connectivity index (χ0n) is 12.2. The lowest BCUT2D eigenvalue weighted by atomic mass is 10.1. The average molecular weight is 271 g/mol. The Labute approximate surface area is 120 Å². The third-order valence-electron chi connectivity index (χ3n) is 3.27. The molecular formula is C17H21NO2. The molecular weight excluding hydrogens is 250 g/mol. The van der Waals surface area contributed by atoms with E-state index in [0.29, 0.717) is 6.54 Å². The van der Waals surface area contributed by atoms with E-state index < -0.39 is 6.10 Å². The van der Waals surface area contributed by atoms with Crippen LogP contribution in [0.4, 0.5) is 5.69 Å². The number of hydrogen-bond donors (Lipinski definition) is 2. The molecule has 3 nitrogen and oxygen atoms in total. The molecule has 0 radical (unpaired) electrons. The summed E-state index contributed by atoms with van der Waals surface area (Å²) in [5.41, 5.74) is 4.12. The summed E-state index contributed by atoms with van der Waals surface area (Å²) in [7, 11) is 1.65. The molecule has 2 aromatic carbocycles. The maximum Gasteiger partial charge on any atom is 0.141 e. The minimum Gasteiger partial charge on any atom is -0.495 e. The van der Waals surface area contributed by atoms with Gasteiger partial charge in [-0.15, -0.1) is 0 Å². The summed E-state index contributed by atoms with van der Waals surface area (Å²) in [5.74, 6) is 0.784. The standard InChI is InChI=1S/C17H21NO2/c1-12-5-4-6-14(9-12)16(19)11-18-15-10-13(2)7-8-17(15)20-3/h4-10,16,18-19H,11H2,1-3H3. The van der Waals surface area contributed by atoms with Crippen LogP contribution < -0.4 is 10.1 Å². The third kappa shape index (κ3) is 3.52. The van der Waals surface area contributed by atoms with Gasteiger partial charge in [0.2, 0.25) is 0 Å². The van der Waals surface area contributed by atoms with Crippen LogP contribution in [0.15, 0.2) is 42.5 Å². The van der Waals surface area contributed by atoms with Crippen LogP contribution in [0.25, 0.3) is 0 Å². The highest BCUT2D eigenvalue weighted by atomic mass is 16.5. The van der Waals surface area contributed by atoms with Gasteiger partial charge in [0.1, 0.15) is 5.75 Å². The monoisotopic (exact) mass is 271 g/mol. The molecule has 0 bridgehead atoms. The van der Waals surface area contributed by atoms with Crippen LogP contribution in [0.3, 0.4) is 0 Å². The minimum atomic E-state index is -0.542. The maximum atomic E-state index is 10.2. The Morgan fingerprint density at radius 3 is 2.55 bits per heavy atom. The SMILES string of the molecule is COc1ccc(C)cc1NCC(O)c1cccc(C)c1. The van der Waals surface area contributed by atoms with Crippen molar-refractivity contribution in [3.63, 3.8) is 0 Å². The Morgan fingerprint density at radius 1 is 1.10 bits per heavy atom. The highest BCUT2D eigenvalue weighted by Gasteiger charge is 2.09. The van der Waals surface area contributed by atoms with E-state index in [0.717, 1.165) is 28.1 Å². The zero-order valence-corrected chi connectivity index (χ0v) is 12.2. The number of aliphatic hydroxyl groups is 1. The summed E-state index contributed by atoms with van der Waals surface area (Å²) < 4.78 is 5.31. The Balaban J connectivity index is 2.06. The largest absolute Gasteiger partial charge is 0.495 e. The van der Waals surface area contributed by atoms with Crippen LogP contribution in [0.5, 0.6) is 5.75 Å². The van der Waals surface area contributed by atoms with Gasteiger partial charge in [-0.25, -0.2) is 0 Å². The molecule has 0 aliphatic rings. The second kappa shape index (κ2) is 6.44. The van der Waals surface area contributed by atoms with Crippen molar-refractivity contribution in [2.75, 3.05) is 19.0 Å². The molecule has 2 rings (SSSR count). The molecule has 0 aliphatic heterocycles. The molecule has 0 spiro atoms. The number of anilines is 1. The number of hydrogen-bond acceptors (Lipinski definition) is 3. The van der Waals surface area contributed by atoms with Crippen LogP contribution in [0, 0.1) is 13.8 Å². The molecule has 106 valence electrons. The van der Waals surface area contributed by atoms with E-state index in [9.17, 15) is 5.11 Å². The van der Waals surface area contributed by atoms with Gasteiger partial charge in [-0.05, 0) is 37.1 Å². The average Bonchev–Trinajstić information content (AvgIpc) is 2.45. The summed E-state index contributed by atoms with van der Waals surface area (Å²) in [6, 6.07) is 13.9. The van der Waals surface area contributed by atoms with Crippen molar-refractivity contribution < 1.29 is 9.84 Å². The second-order valence-corrected chi connectivity index (χ2v) is 5.01. The first-order chi connectivity index (χ1) is 9.60. The molecule has 1 unspecified atom stereocenters. The Morgan fingerprint density at radius 2 is 1.85 bits per heavy atom. The molecule has 0 aliphatic carbocycles. The van der Waals surface area contributed by atoms with E-state index in [-0.39, 0.29) is 0 Å². The van der Waals surface area contributed by atoms with Crippen molar-refractivity contribution in [3.8, 4) is 5.75 Å². The van der Waals surface area contributed by atoms with Gasteiger partial charge in [-0.1, -0.05) is 35.9 Å². The molecule has 0 aromatic heterocycles. The number of ether oxygens (including phenoxy) is 1. The first-order valence-electron chi connectivity index (χ1n) is 6.73. The van der Waals surface area contributed by atoms with E-state index in [2.05, 4.69) is 5.32 Å². The van der Waals surface area contributed by atoms with Crippen molar-refractivity contribution in [1.82, 2.24) is 0 Å². The molecule has 1 atom stereocenters. The molecule has 3 heteroatoms. The highest BCUT2D eigenvalue weighted by molar-refractivity contribution is 5.58. The summed E-state index contributed by atoms with van der Waals surface area (Å²) in [5, 5.41) is 13.5. The van der Waals surface area contributed by atoms with E-state index in [4.69, 9.17) is 4.74 Å². The molecule has 2 aromatic rings. The smallest absolute Gasteiger partial charge is 0.141 e. The molecule has 0 saturated carbocycles. The van der Waals surface area contributed by atoms with Crippen molar-refractivity contribution in [2.24, 2.45) is 0 Å². The number of aryl methyl sites for hydroxylation is 2. The Hall–Kier alpha value is -2.00. The fourth-order valence-corrected chi connectivity index (χ4v) is 2.16. The number of nitrogens with one attached hydrogen (secondary N) is 1. The van der Waals surface area contributed by atoms with Crippen molar-refractivity contribution in [1.29, 1.82) is 0 Å². The first-order valence-corrected chi connectivity index (χ1v) is 6.73. The van der Waals surface area contributed by atoms with E-state index in [1.54, 1.807) is 7.11 Å². The lowest BCUT2D eigenvalue weighted by Crippen LogP contribution is -2.13. The van der Waals surface area contributed by atoms with Gasteiger partial charge in [-0.2, -0.15) is 0 Å². The molecule has 0 amide bonds. The summed E-state index contributed by atoms with van der Waals surface area (Å²) >= 11 is 0. The number of aliphatic hydroxyl groups excluding tert-OH is 1. The van der Waals surface area contributed by atoms with Gasteiger partial charge in [0.15, 0.2) is 0 Å². The van der Waals surface area contributed by atoms with Gasteiger partial charge in [0, 0.05) is 6.54 Å². The predicted octanol–water partition coefficient (Wildman–Crippen LogP) is 3.46. The number of benzene rings is 2. The van der Waals surface area contributed by atoms with E-state index in [1.165, 1.54) is 0 Å². The maximum absolute atomic E-state index is 10.2. The Bertz CT molecular complexity index is 581. The van der Waals surface area contributed by atoms with Gasteiger partial charge in [0.05, 0.1) is 18.9 Å². The summed E-state index contributed by atoms with van der Waals surface area (Å²) in [6.45, 7) is 4.50. The van der Waals surface area contributed by atoms with Gasteiger partial charge in [-0.3, -0.25) is 0 Å². The zero-order chi connectivity index (χ0) is 14.5. The molecule has 0 fully saturated rings. The highest BCUT2D eigenvalue weighted by Crippen LogP contribution is 2.26. The second-order valence-electron chi connectivity index (χ2n) is 5.01. The van der Waals surface area contributed by atoms with Gasteiger partial charge >= 0.3 is 0 Å². The molecule has 20 heavy (non-hydrogen) atoms. The normalized spacial score (nSPS) is 12.0. The van der Waals surface area contributed by atoms with Gasteiger partial charge in [0.25, 0.3) is 0 Å². The first kappa shape index (κ1) is 14.4. The summed E-state index contributed by atoms with van der Waals surface area (Å²) in [4.78, 5) is 0. The fourth-order valence-electron chi connectivity index (χ4n) is 2.16. The number of methoxy groups -OCH3 is 1. The van der Waals surface area contributed by atoms with Crippen molar-refractivity contribution >= 4 is 5.69 Å². The molecule has 2 N–H and O–H groups in total. The van der Waals surface area contributed by atoms with E-state index >= 15 is 0 Å². The van der Waals surface area contributed by atoms with Crippen LogP contribution in [0.1, 0.15) is 22.8 Å². The topological polar surface area (TPSA) is 41.5 Å². The molecule has 0 saturated heterocycles. The molecule has 0 heterocycles. The summed E-state index contributed by atoms with van der Waals surface area (Å²) in [6.07, 6.45) is -0.542. The predicted molar refractivity (Wildman–Crippen MR) is 82.4 cm³/mol. The van der Waals surface area contributed by atoms with E-state index in [1.807, 2.05) is 56.3 Å². The number of rotatable bonds is 5. The van der Waals surface area contributed by atoms with Crippen molar-refractivity contribution in [2.45, 2.75) is 20.0 Å². The van der Waals surface area contributed by atoms with Crippen LogP contribution >= 0.6 is 0 Å². The lowest BCUT2D eigenvalue weighted by Gasteiger charge is -2.16. The van der Waals surface area contributed by atoms with Crippen molar-refractivity contribution in [3.05, 3.63) is 59.2 Å². The quantitative estimate of drug-likeness (QED) is 0.875. The minimum absolute atomic E-state index is 0.448. The fraction of sp³-hybridized carbons (Fsp3) is 0.294. The van der Waals surface area contributed by atoms with Gasteiger partial charge < -0.3 is 15.2 Å². The lowest BCUT2D eigenvalue weighted by molar-refractivity contribution is 0.191. The van der Waals surface area contributed by atoms with Crippen LogP contribution in [-0.2, 0) is 0 Å². The van der Waals surface area contributed by atoms with Crippen LogP contribution in [-0.4, -0.2) is 18.8 Å².